The maximum atomic E-state index is 12.0. The van der Waals surface area contributed by atoms with Gasteiger partial charge in [-0.3, -0.25) is 9.59 Å². The Morgan fingerprint density at radius 1 is 1.15 bits per heavy atom. The molecule has 0 radical (unpaired) electrons. The van der Waals surface area contributed by atoms with Crippen LogP contribution in [0.1, 0.15) is 35.7 Å². The molecule has 7 heteroatoms. The second-order valence-corrected chi connectivity index (χ2v) is 6.13. The monoisotopic (exact) mass is 387 g/mol. The highest BCUT2D eigenvalue weighted by molar-refractivity contribution is 6.33. The zero-order chi connectivity index (χ0) is 19.5. The first kappa shape index (κ1) is 20.5. The van der Waals surface area contributed by atoms with Crippen molar-refractivity contribution in [3.63, 3.8) is 0 Å². The van der Waals surface area contributed by atoms with Crippen LogP contribution in [0.15, 0.2) is 53.6 Å². The Morgan fingerprint density at radius 3 is 2.59 bits per heavy atom. The van der Waals surface area contributed by atoms with E-state index in [0.29, 0.717) is 17.2 Å². The Bertz CT molecular complexity index is 791. The molecule has 0 spiro atoms. The van der Waals surface area contributed by atoms with Crippen LogP contribution in [-0.2, 0) is 4.79 Å². The number of amides is 2. The SMILES string of the molecule is CCCCOc1ccc(/C=N\NC(=O)CNC(=O)c2ccccc2Cl)cc1. The summed E-state index contributed by atoms with van der Waals surface area (Å²) in [6.45, 7) is 2.60. The zero-order valence-corrected chi connectivity index (χ0v) is 15.8. The lowest BCUT2D eigenvalue weighted by Crippen LogP contribution is -2.35. The van der Waals surface area contributed by atoms with Crippen LogP contribution in [-0.4, -0.2) is 31.2 Å². The van der Waals surface area contributed by atoms with Crippen molar-refractivity contribution in [2.45, 2.75) is 19.8 Å². The highest BCUT2D eigenvalue weighted by Crippen LogP contribution is 2.14. The first-order chi connectivity index (χ1) is 13.1. The summed E-state index contributed by atoms with van der Waals surface area (Å²) in [5.41, 5.74) is 3.49. The van der Waals surface area contributed by atoms with Gasteiger partial charge in [0.1, 0.15) is 5.75 Å². The van der Waals surface area contributed by atoms with Crippen LogP contribution in [0.3, 0.4) is 0 Å². The lowest BCUT2D eigenvalue weighted by Gasteiger charge is -2.06. The Morgan fingerprint density at radius 2 is 1.89 bits per heavy atom. The number of nitrogens with one attached hydrogen (secondary N) is 2. The van der Waals surface area contributed by atoms with Crippen LogP contribution in [0.5, 0.6) is 5.75 Å². The van der Waals surface area contributed by atoms with Crippen molar-refractivity contribution in [3.05, 3.63) is 64.7 Å². The molecular weight excluding hydrogens is 366 g/mol. The van der Waals surface area contributed by atoms with Crippen LogP contribution in [0.25, 0.3) is 0 Å². The minimum Gasteiger partial charge on any atom is -0.494 e. The number of rotatable bonds is 9. The van der Waals surface area contributed by atoms with Gasteiger partial charge in [0.2, 0.25) is 0 Å². The Hall–Kier alpha value is -2.86. The fourth-order valence-corrected chi connectivity index (χ4v) is 2.33. The van der Waals surface area contributed by atoms with E-state index in [4.69, 9.17) is 16.3 Å². The van der Waals surface area contributed by atoms with E-state index in [1.807, 2.05) is 24.3 Å². The van der Waals surface area contributed by atoms with Gasteiger partial charge in [-0.1, -0.05) is 37.1 Å². The molecule has 0 aliphatic carbocycles. The molecule has 2 N–H and O–H groups in total. The summed E-state index contributed by atoms with van der Waals surface area (Å²) in [6.07, 6.45) is 3.62. The molecule has 0 aromatic heterocycles. The first-order valence-corrected chi connectivity index (χ1v) is 9.05. The van der Waals surface area contributed by atoms with Gasteiger partial charge in [-0.2, -0.15) is 5.10 Å². The molecule has 0 heterocycles. The van der Waals surface area contributed by atoms with Crippen LogP contribution in [0.4, 0.5) is 0 Å². The summed E-state index contributed by atoms with van der Waals surface area (Å²) in [5, 5.41) is 6.70. The summed E-state index contributed by atoms with van der Waals surface area (Å²) >= 11 is 5.94. The lowest BCUT2D eigenvalue weighted by atomic mass is 10.2. The maximum Gasteiger partial charge on any atom is 0.259 e. The molecule has 2 rings (SSSR count). The average Bonchev–Trinajstić information content (AvgIpc) is 2.68. The van der Waals surface area contributed by atoms with Crippen LogP contribution in [0.2, 0.25) is 5.02 Å². The Kier molecular flexibility index (Phi) is 8.32. The van der Waals surface area contributed by atoms with Crippen LogP contribution >= 0.6 is 11.6 Å². The highest BCUT2D eigenvalue weighted by Gasteiger charge is 2.10. The van der Waals surface area contributed by atoms with Gasteiger partial charge >= 0.3 is 0 Å². The molecule has 2 aromatic carbocycles. The van der Waals surface area contributed by atoms with E-state index in [1.54, 1.807) is 24.3 Å². The normalized spacial score (nSPS) is 10.6. The molecule has 2 amide bonds. The second-order valence-electron chi connectivity index (χ2n) is 5.73. The fourth-order valence-electron chi connectivity index (χ4n) is 2.10. The smallest absolute Gasteiger partial charge is 0.259 e. The molecule has 0 saturated carbocycles. The molecule has 0 saturated heterocycles. The van der Waals surface area contributed by atoms with Gasteiger partial charge in [0, 0.05) is 0 Å². The number of hydrogen-bond donors (Lipinski definition) is 2. The van der Waals surface area contributed by atoms with Gasteiger partial charge in [0.15, 0.2) is 0 Å². The molecule has 0 atom stereocenters. The first-order valence-electron chi connectivity index (χ1n) is 8.67. The summed E-state index contributed by atoms with van der Waals surface area (Å²) in [7, 11) is 0. The summed E-state index contributed by atoms with van der Waals surface area (Å²) in [5.74, 6) is -0.0588. The highest BCUT2D eigenvalue weighted by atomic mass is 35.5. The molecule has 2 aromatic rings. The van der Waals surface area contributed by atoms with Crippen molar-refractivity contribution in [2.75, 3.05) is 13.2 Å². The van der Waals surface area contributed by atoms with E-state index >= 15 is 0 Å². The standard InChI is InChI=1S/C20H22ClN3O3/c1-2-3-12-27-16-10-8-15(9-11-16)13-23-24-19(25)14-22-20(26)17-6-4-5-7-18(17)21/h4-11,13H,2-3,12,14H2,1H3,(H,22,26)(H,24,25)/b23-13-. The third-order valence-electron chi connectivity index (χ3n) is 3.58. The molecule has 6 nitrogen and oxygen atoms in total. The van der Waals surface area contributed by atoms with E-state index in [0.717, 1.165) is 24.2 Å². The summed E-state index contributed by atoms with van der Waals surface area (Å²) in [4.78, 5) is 23.7. The molecule has 142 valence electrons. The predicted octanol–water partition coefficient (Wildman–Crippen LogP) is 3.40. The topological polar surface area (TPSA) is 79.8 Å². The van der Waals surface area contributed by atoms with Gasteiger partial charge in [-0.05, 0) is 48.4 Å². The van der Waals surface area contributed by atoms with Crippen molar-refractivity contribution < 1.29 is 14.3 Å². The van der Waals surface area contributed by atoms with E-state index in [9.17, 15) is 9.59 Å². The molecule has 0 aliphatic heterocycles. The minimum absolute atomic E-state index is 0.203. The maximum absolute atomic E-state index is 12.0. The number of carbonyl (C=O) groups excluding carboxylic acids is 2. The third kappa shape index (κ3) is 7.11. The van der Waals surface area contributed by atoms with Crippen molar-refractivity contribution in [1.29, 1.82) is 0 Å². The van der Waals surface area contributed by atoms with Crippen molar-refractivity contribution in [3.8, 4) is 5.75 Å². The van der Waals surface area contributed by atoms with Gasteiger partial charge < -0.3 is 10.1 Å². The number of hydrogen-bond acceptors (Lipinski definition) is 4. The van der Waals surface area contributed by atoms with Gasteiger partial charge in [-0.25, -0.2) is 5.43 Å². The third-order valence-corrected chi connectivity index (χ3v) is 3.91. The van der Waals surface area contributed by atoms with Crippen molar-refractivity contribution in [2.24, 2.45) is 5.10 Å². The quantitative estimate of drug-likeness (QED) is 0.393. The predicted molar refractivity (Wildman–Crippen MR) is 106 cm³/mol. The molecule has 0 bridgehead atoms. The lowest BCUT2D eigenvalue weighted by molar-refractivity contribution is -0.120. The Labute approximate surface area is 163 Å². The molecule has 0 aliphatic rings. The molecule has 0 fully saturated rings. The van der Waals surface area contributed by atoms with E-state index in [1.165, 1.54) is 6.21 Å². The van der Waals surface area contributed by atoms with Gasteiger partial charge in [-0.15, -0.1) is 0 Å². The minimum atomic E-state index is -0.439. The number of hydrazone groups is 1. The van der Waals surface area contributed by atoms with E-state index in [2.05, 4.69) is 22.8 Å². The number of unbranched alkanes of at least 4 members (excludes halogenated alkanes) is 1. The number of carbonyl (C=O) groups is 2. The number of benzene rings is 2. The Balaban J connectivity index is 1.74. The van der Waals surface area contributed by atoms with Crippen molar-refractivity contribution in [1.82, 2.24) is 10.7 Å². The molecule has 27 heavy (non-hydrogen) atoms. The van der Waals surface area contributed by atoms with Gasteiger partial charge in [0.05, 0.1) is 30.0 Å². The summed E-state index contributed by atoms with van der Waals surface area (Å²) < 4.78 is 5.58. The number of halogens is 1. The van der Waals surface area contributed by atoms with Crippen LogP contribution in [0, 0.1) is 0 Å². The summed E-state index contributed by atoms with van der Waals surface area (Å²) in [6, 6.07) is 14.0. The van der Waals surface area contributed by atoms with Crippen LogP contribution < -0.4 is 15.5 Å². The number of ether oxygens (including phenoxy) is 1. The molecular formula is C20H22ClN3O3. The van der Waals surface area contributed by atoms with Crippen molar-refractivity contribution >= 4 is 29.6 Å². The average molecular weight is 388 g/mol. The number of nitrogens with zero attached hydrogens (tertiary/aromatic N) is 1. The molecule has 0 unspecified atom stereocenters. The second kappa shape index (κ2) is 11.0. The van der Waals surface area contributed by atoms with E-state index in [-0.39, 0.29) is 6.54 Å². The fraction of sp³-hybridized carbons (Fsp3) is 0.250. The largest absolute Gasteiger partial charge is 0.494 e. The zero-order valence-electron chi connectivity index (χ0n) is 15.1. The van der Waals surface area contributed by atoms with Gasteiger partial charge in [0.25, 0.3) is 11.8 Å². The van der Waals surface area contributed by atoms with E-state index < -0.39 is 11.8 Å².